The zero-order valence-corrected chi connectivity index (χ0v) is 13.5. The van der Waals surface area contributed by atoms with Gasteiger partial charge in [0.05, 0.1) is 0 Å². The molecule has 0 saturated heterocycles. The summed E-state index contributed by atoms with van der Waals surface area (Å²) in [5, 5.41) is 8.40. The Morgan fingerprint density at radius 1 is 1.00 bits per heavy atom. The Kier molecular flexibility index (Phi) is 5.50. The lowest BCUT2D eigenvalue weighted by atomic mass is 10.0. The van der Waals surface area contributed by atoms with Gasteiger partial charge in [0.25, 0.3) is 0 Å². The molecule has 2 unspecified atom stereocenters. The van der Waals surface area contributed by atoms with Gasteiger partial charge in [-0.15, -0.1) is 0 Å². The fourth-order valence-electron chi connectivity index (χ4n) is 2.28. The first-order valence-corrected chi connectivity index (χ1v) is 8.61. The molecule has 2 aromatic rings. The van der Waals surface area contributed by atoms with Crippen LogP contribution in [0.1, 0.15) is 41.7 Å². The van der Waals surface area contributed by atoms with E-state index in [9.17, 15) is 14.1 Å². The highest BCUT2D eigenvalue weighted by Crippen LogP contribution is 2.23. The molecule has 0 aromatic heterocycles. The number of hydrogen-bond donors (Lipinski definition) is 1. The third-order valence-electron chi connectivity index (χ3n) is 3.54. The van der Waals surface area contributed by atoms with E-state index in [2.05, 4.69) is 13.8 Å². The lowest BCUT2D eigenvalue weighted by molar-refractivity contribution is -0.136. The van der Waals surface area contributed by atoms with Gasteiger partial charge in [0, 0.05) is 16.6 Å². The van der Waals surface area contributed by atoms with Crippen molar-refractivity contribution in [3.05, 3.63) is 71.3 Å². The molecule has 2 rings (SSSR count). The third kappa shape index (κ3) is 4.04. The summed E-state index contributed by atoms with van der Waals surface area (Å²) >= 11 is 0. The van der Waals surface area contributed by atoms with Crippen molar-refractivity contribution in [1.82, 2.24) is 0 Å². The van der Waals surface area contributed by atoms with Crippen LogP contribution in [0.4, 0.5) is 0 Å². The van der Waals surface area contributed by atoms with Crippen LogP contribution in [-0.4, -0.2) is 15.3 Å². The van der Waals surface area contributed by atoms with Crippen LogP contribution in [0.5, 0.6) is 0 Å². The second kappa shape index (κ2) is 7.36. The Bertz CT molecular complexity index is 648. The Morgan fingerprint density at radius 2 is 1.59 bits per heavy atom. The van der Waals surface area contributed by atoms with Crippen LogP contribution in [0.2, 0.25) is 0 Å². The highest BCUT2D eigenvalue weighted by molar-refractivity contribution is 7.85. The van der Waals surface area contributed by atoms with E-state index < -0.39 is 22.0 Å². The molecule has 0 aliphatic heterocycles. The maximum absolute atomic E-state index is 12.5. The average molecular weight is 316 g/mol. The van der Waals surface area contributed by atoms with Gasteiger partial charge in [0.2, 0.25) is 0 Å². The summed E-state index contributed by atoms with van der Waals surface area (Å²) in [7, 11) is -1.51. The molecule has 116 valence electrons. The maximum atomic E-state index is 12.5. The molecular formula is C18H20O3S. The molecule has 0 radical (unpaired) electrons. The quantitative estimate of drug-likeness (QED) is 0.880. The van der Waals surface area contributed by atoms with Crippen LogP contribution < -0.4 is 0 Å². The van der Waals surface area contributed by atoms with Gasteiger partial charge >= 0.3 is 5.97 Å². The summed E-state index contributed by atoms with van der Waals surface area (Å²) < 4.78 is 12.5. The lowest BCUT2D eigenvalue weighted by Crippen LogP contribution is -2.18. The largest absolute Gasteiger partial charge is 0.480 e. The molecule has 1 N–H and O–H groups in total. The number of aliphatic carboxylic acids is 1. The first kappa shape index (κ1) is 16.4. The SMILES string of the molecule is CC(C)c1ccc(CS(=O)C(C(=O)O)c2ccccc2)cc1. The molecule has 0 fully saturated rings. The van der Waals surface area contributed by atoms with Gasteiger partial charge in [-0.3, -0.25) is 9.00 Å². The molecule has 0 saturated carbocycles. The van der Waals surface area contributed by atoms with Gasteiger partial charge in [-0.05, 0) is 22.6 Å². The topological polar surface area (TPSA) is 54.4 Å². The van der Waals surface area contributed by atoms with Crippen molar-refractivity contribution in [2.24, 2.45) is 0 Å². The Balaban J connectivity index is 2.17. The summed E-state index contributed by atoms with van der Waals surface area (Å²) in [6, 6.07) is 16.6. The number of carbonyl (C=O) groups is 1. The van der Waals surface area contributed by atoms with Gasteiger partial charge in [0.1, 0.15) is 0 Å². The monoisotopic (exact) mass is 316 g/mol. The third-order valence-corrected chi connectivity index (χ3v) is 5.16. The number of hydrogen-bond acceptors (Lipinski definition) is 2. The first-order chi connectivity index (χ1) is 10.5. The predicted molar refractivity (Wildman–Crippen MR) is 89.2 cm³/mol. The van der Waals surface area contributed by atoms with Crippen molar-refractivity contribution in [1.29, 1.82) is 0 Å². The van der Waals surface area contributed by atoms with Gasteiger partial charge in [-0.2, -0.15) is 0 Å². The summed E-state index contributed by atoms with van der Waals surface area (Å²) in [5.41, 5.74) is 2.68. The molecule has 0 amide bonds. The molecule has 4 heteroatoms. The molecular weight excluding hydrogens is 296 g/mol. The van der Waals surface area contributed by atoms with Crippen LogP contribution in [0, 0.1) is 0 Å². The van der Waals surface area contributed by atoms with Crippen molar-refractivity contribution in [2.45, 2.75) is 30.8 Å². The number of rotatable bonds is 6. The molecule has 0 bridgehead atoms. The number of benzene rings is 2. The molecule has 22 heavy (non-hydrogen) atoms. The van der Waals surface area contributed by atoms with E-state index in [0.717, 1.165) is 5.56 Å². The van der Waals surface area contributed by atoms with Gasteiger partial charge < -0.3 is 5.11 Å². The second-order valence-electron chi connectivity index (χ2n) is 5.55. The normalized spacial score (nSPS) is 13.8. The zero-order chi connectivity index (χ0) is 16.1. The zero-order valence-electron chi connectivity index (χ0n) is 12.7. The predicted octanol–water partition coefficient (Wildman–Crippen LogP) is 3.88. The number of carboxylic acids is 1. The maximum Gasteiger partial charge on any atom is 0.323 e. The van der Waals surface area contributed by atoms with Crippen molar-refractivity contribution in [3.63, 3.8) is 0 Å². The molecule has 2 aromatic carbocycles. The van der Waals surface area contributed by atoms with E-state index in [-0.39, 0.29) is 5.75 Å². The van der Waals surface area contributed by atoms with E-state index in [1.807, 2.05) is 30.3 Å². The minimum atomic E-state index is -1.51. The Hall–Kier alpha value is -1.94. The highest BCUT2D eigenvalue weighted by Gasteiger charge is 2.26. The van der Waals surface area contributed by atoms with E-state index in [1.165, 1.54) is 5.56 Å². The minimum Gasteiger partial charge on any atom is -0.480 e. The van der Waals surface area contributed by atoms with Crippen LogP contribution >= 0.6 is 0 Å². The summed E-state index contributed by atoms with van der Waals surface area (Å²) in [6.07, 6.45) is 0. The molecule has 0 heterocycles. The summed E-state index contributed by atoms with van der Waals surface area (Å²) in [5.74, 6) is -0.372. The Morgan fingerprint density at radius 3 is 2.09 bits per heavy atom. The van der Waals surface area contributed by atoms with Crippen LogP contribution in [-0.2, 0) is 21.3 Å². The van der Waals surface area contributed by atoms with Gasteiger partial charge in [-0.25, -0.2) is 0 Å². The smallest absolute Gasteiger partial charge is 0.323 e. The highest BCUT2D eigenvalue weighted by atomic mass is 32.2. The van der Waals surface area contributed by atoms with E-state index >= 15 is 0 Å². The van der Waals surface area contributed by atoms with Crippen molar-refractivity contribution in [2.75, 3.05) is 0 Å². The Labute approximate surface area is 133 Å². The fraction of sp³-hybridized carbons (Fsp3) is 0.278. The number of carboxylic acid groups (broad SMARTS) is 1. The fourth-order valence-corrected chi connectivity index (χ4v) is 3.65. The van der Waals surface area contributed by atoms with Gasteiger partial charge in [0.15, 0.2) is 5.25 Å². The minimum absolute atomic E-state index is 0.240. The van der Waals surface area contributed by atoms with Crippen molar-refractivity contribution in [3.8, 4) is 0 Å². The standard InChI is InChI=1S/C18H20O3S/c1-13(2)15-10-8-14(9-11-15)12-22(21)17(18(19)20)16-6-4-3-5-7-16/h3-11,13,17H,12H2,1-2H3,(H,19,20). The first-order valence-electron chi connectivity index (χ1n) is 7.23. The van der Waals surface area contributed by atoms with E-state index in [1.54, 1.807) is 24.3 Å². The van der Waals surface area contributed by atoms with Gasteiger partial charge in [-0.1, -0.05) is 68.4 Å². The van der Waals surface area contributed by atoms with Crippen LogP contribution in [0.3, 0.4) is 0 Å². The molecule has 2 atom stereocenters. The lowest BCUT2D eigenvalue weighted by Gasteiger charge is -2.13. The van der Waals surface area contributed by atoms with Crippen molar-refractivity contribution < 1.29 is 14.1 Å². The van der Waals surface area contributed by atoms with Crippen molar-refractivity contribution >= 4 is 16.8 Å². The van der Waals surface area contributed by atoms with Crippen LogP contribution in [0.25, 0.3) is 0 Å². The molecule has 0 aliphatic rings. The molecule has 0 spiro atoms. The van der Waals surface area contributed by atoms with E-state index in [4.69, 9.17) is 0 Å². The van der Waals surface area contributed by atoms with E-state index in [0.29, 0.717) is 11.5 Å². The summed E-state index contributed by atoms with van der Waals surface area (Å²) in [4.78, 5) is 11.5. The molecule has 3 nitrogen and oxygen atoms in total. The summed E-state index contributed by atoms with van der Waals surface area (Å²) in [6.45, 7) is 4.23. The second-order valence-corrected chi connectivity index (χ2v) is 7.07. The average Bonchev–Trinajstić information content (AvgIpc) is 2.48. The van der Waals surface area contributed by atoms with Crippen LogP contribution in [0.15, 0.2) is 54.6 Å². The molecule has 0 aliphatic carbocycles.